The van der Waals surface area contributed by atoms with Crippen LogP contribution in [0, 0.1) is 0 Å². The second kappa shape index (κ2) is 7.03. The molecule has 0 spiro atoms. The van der Waals surface area contributed by atoms with Crippen molar-refractivity contribution in [3.63, 3.8) is 0 Å². The first kappa shape index (κ1) is 15.2. The highest BCUT2D eigenvalue weighted by molar-refractivity contribution is 5.89. The zero-order valence-electron chi connectivity index (χ0n) is 12.1. The van der Waals surface area contributed by atoms with Gasteiger partial charge in [-0.1, -0.05) is 0 Å². The van der Waals surface area contributed by atoms with Gasteiger partial charge in [-0.15, -0.1) is 0 Å². The Labute approximate surface area is 122 Å². The number of carbonyl (C=O) groups excluding carboxylic acids is 2. The fraction of sp³-hybridized carbons (Fsp3) is 0.500. The molecular formula is C14H18N2O5. The van der Waals surface area contributed by atoms with Crippen LogP contribution in [-0.4, -0.2) is 56.4 Å². The Kier molecular flexibility index (Phi) is 5.10. The maximum Gasteiger partial charge on any atom is 0.339 e. The molecule has 114 valence electrons. The molecule has 0 bridgehead atoms. The van der Waals surface area contributed by atoms with Crippen molar-refractivity contribution in [2.45, 2.75) is 13.0 Å². The van der Waals surface area contributed by atoms with Crippen molar-refractivity contribution in [3.8, 4) is 0 Å². The molecule has 1 fully saturated rings. The normalized spacial score (nSPS) is 18.2. The molecule has 2 heterocycles. The van der Waals surface area contributed by atoms with Gasteiger partial charge in [0.25, 0.3) is 0 Å². The first-order valence-electron chi connectivity index (χ1n) is 6.73. The van der Waals surface area contributed by atoms with Crippen LogP contribution in [0.2, 0.25) is 0 Å². The number of nitrogens with zero attached hydrogens (tertiary/aromatic N) is 2. The predicted molar refractivity (Wildman–Crippen MR) is 74.2 cm³/mol. The maximum atomic E-state index is 11.6. The van der Waals surface area contributed by atoms with Gasteiger partial charge in [0.15, 0.2) is 6.10 Å². The Hall–Kier alpha value is -2.15. The van der Waals surface area contributed by atoms with E-state index in [0.717, 1.165) is 0 Å². The number of hydrogen-bond acceptors (Lipinski definition) is 7. The van der Waals surface area contributed by atoms with Crippen molar-refractivity contribution < 1.29 is 23.8 Å². The molecule has 1 aromatic heterocycles. The number of esters is 2. The summed E-state index contributed by atoms with van der Waals surface area (Å²) in [5, 5.41) is 0. The second-order valence-corrected chi connectivity index (χ2v) is 4.45. The van der Waals surface area contributed by atoms with Crippen molar-refractivity contribution in [1.29, 1.82) is 0 Å². The van der Waals surface area contributed by atoms with Crippen molar-refractivity contribution in [3.05, 3.63) is 23.9 Å². The zero-order chi connectivity index (χ0) is 15.2. The summed E-state index contributed by atoms with van der Waals surface area (Å²) in [4.78, 5) is 29.2. The van der Waals surface area contributed by atoms with Gasteiger partial charge < -0.3 is 19.1 Å². The van der Waals surface area contributed by atoms with Gasteiger partial charge in [0.1, 0.15) is 5.82 Å². The number of pyridine rings is 1. The largest absolute Gasteiger partial charge is 0.467 e. The van der Waals surface area contributed by atoms with Gasteiger partial charge >= 0.3 is 11.9 Å². The lowest BCUT2D eigenvalue weighted by atomic mass is 10.2. The van der Waals surface area contributed by atoms with Crippen LogP contribution in [0.5, 0.6) is 0 Å². The molecule has 1 atom stereocenters. The van der Waals surface area contributed by atoms with Gasteiger partial charge in [-0.3, -0.25) is 0 Å². The molecule has 0 N–H and O–H groups in total. The molecular weight excluding hydrogens is 276 g/mol. The second-order valence-electron chi connectivity index (χ2n) is 4.45. The first-order valence-corrected chi connectivity index (χ1v) is 6.73. The molecule has 0 aromatic carbocycles. The Bertz CT molecular complexity index is 503. The smallest absolute Gasteiger partial charge is 0.339 e. The molecule has 7 nitrogen and oxygen atoms in total. The molecule has 1 aliphatic rings. The van der Waals surface area contributed by atoms with E-state index >= 15 is 0 Å². The highest BCUT2D eigenvalue weighted by Gasteiger charge is 2.28. The minimum atomic E-state index is -0.615. The summed E-state index contributed by atoms with van der Waals surface area (Å²) < 4.78 is 14.9. The summed E-state index contributed by atoms with van der Waals surface area (Å²) in [6, 6.07) is 3.38. The number of methoxy groups -OCH3 is 1. The summed E-state index contributed by atoms with van der Waals surface area (Å²) in [6.07, 6.45) is 0.853. The fourth-order valence-electron chi connectivity index (χ4n) is 2.04. The van der Waals surface area contributed by atoms with Crippen LogP contribution in [0.3, 0.4) is 0 Å². The standard InChI is InChI=1S/C14H18N2O5/c1-3-20-13(17)10-4-5-12(15-8-10)16-6-7-21-11(9-16)14(18)19-2/h4-5,8,11H,3,6-7,9H2,1-2H3. The molecule has 1 aliphatic heterocycles. The average molecular weight is 294 g/mol. The Morgan fingerprint density at radius 3 is 2.90 bits per heavy atom. The number of hydrogen-bond donors (Lipinski definition) is 0. The fourth-order valence-corrected chi connectivity index (χ4v) is 2.04. The van der Waals surface area contributed by atoms with E-state index in [9.17, 15) is 9.59 Å². The number of morpholine rings is 1. The maximum absolute atomic E-state index is 11.6. The molecule has 0 amide bonds. The van der Waals surface area contributed by atoms with E-state index in [-0.39, 0.29) is 0 Å². The van der Waals surface area contributed by atoms with E-state index in [1.807, 2.05) is 4.90 Å². The topological polar surface area (TPSA) is 78.0 Å². The molecule has 0 saturated carbocycles. The lowest BCUT2D eigenvalue weighted by molar-refractivity contribution is -0.154. The molecule has 0 radical (unpaired) electrons. The summed E-state index contributed by atoms with van der Waals surface area (Å²) in [5.74, 6) is -0.117. The van der Waals surface area contributed by atoms with E-state index in [1.54, 1.807) is 19.1 Å². The number of rotatable bonds is 4. The van der Waals surface area contributed by atoms with Crippen molar-refractivity contribution in [1.82, 2.24) is 4.98 Å². The first-order chi connectivity index (χ1) is 10.2. The quantitative estimate of drug-likeness (QED) is 0.754. The molecule has 0 aliphatic carbocycles. The van der Waals surface area contributed by atoms with Crippen molar-refractivity contribution in [2.75, 3.05) is 38.3 Å². The number of anilines is 1. The monoisotopic (exact) mass is 294 g/mol. The van der Waals surface area contributed by atoms with Crippen LogP contribution >= 0.6 is 0 Å². The van der Waals surface area contributed by atoms with Gasteiger partial charge in [0.05, 0.1) is 32.4 Å². The average Bonchev–Trinajstić information content (AvgIpc) is 2.54. The number of ether oxygens (including phenoxy) is 3. The summed E-state index contributed by atoms with van der Waals surface area (Å²) in [5.41, 5.74) is 0.401. The third-order valence-electron chi connectivity index (χ3n) is 3.11. The summed E-state index contributed by atoms with van der Waals surface area (Å²) >= 11 is 0. The molecule has 2 rings (SSSR count). The molecule has 1 saturated heterocycles. The van der Waals surface area contributed by atoms with Crippen LogP contribution in [0.15, 0.2) is 18.3 Å². The van der Waals surface area contributed by atoms with E-state index in [0.29, 0.717) is 37.7 Å². The van der Waals surface area contributed by atoms with Gasteiger partial charge in [-0.05, 0) is 19.1 Å². The van der Waals surface area contributed by atoms with E-state index in [2.05, 4.69) is 9.72 Å². The number of carbonyl (C=O) groups is 2. The minimum Gasteiger partial charge on any atom is -0.467 e. The third kappa shape index (κ3) is 3.69. The van der Waals surface area contributed by atoms with Crippen LogP contribution in [0.25, 0.3) is 0 Å². The van der Waals surface area contributed by atoms with Gasteiger partial charge in [0.2, 0.25) is 0 Å². The molecule has 21 heavy (non-hydrogen) atoms. The Balaban J connectivity index is 2.04. The molecule has 7 heteroatoms. The Morgan fingerprint density at radius 1 is 1.48 bits per heavy atom. The molecule has 1 unspecified atom stereocenters. The molecule has 1 aromatic rings. The van der Waals surface area contributed by atoms with E-state index in [1.165, 1.54) is 13.3 Å². The number of aromatic nitrogens is 1. The van der Waals surface area contributed by atoms with E-state index < -0.39 is 18.0 Å². The minimum absolute atomic E-state index is 0.324. The zero-order valence-corrected chi connectivity index (χ0v) is 12.1. The Morgan fingerprint density at radius 2 is 2.29 bits per heavy atom. The van der Waals surface area contributed by atoms with Crippen LogP contribution in [0.4, 0.5) is 5.82 Å². The SMILES string of the molecule is CCOC(=O)c1ccc(N2CCOC(C(=O)OC)C2)nc1. The van der Waals surface area contributed by atoms with Gasteiger partial charge in [-0.2, -0.15) is 0 Å². The van der Waals surface area contributed by atoms with Crippen molar-refractivity contribution >= 4 is 17.8 Å². The highest BCUT2D eigenvalue weighted by atomic mass is 16.6. The summed E-state index contributed by atoms with van der Waals surface area (Å²) in [7, 11) is 1.33. The van der Waals surface area contributed by atoms with E-state index in [4.69, 9.17) is 9.47 Å². The lowest BCUT2D eigenvalue weighted by Gasteiger charge is -2.32. The summed E-state index contributed by atoms with van der Waals surface area (Å²) in [6.45, 7) is 3.49. The van der Waals surface area contributed by atoms with Crippen LogP contribution in [-0.2, 0) is 19.0 Å². The third-order valence-corrected chi connectivity index (χ3v) is 3.11. The van der Waals surface area contributed by atoms with Gasteiger partial charge in [-0.25, -0.2) is 14.6 Å². The van der Waals surface area contributed by atoms with Crippen LogP contribution < -0.4 is 4.90 Å². The van der Waals surface area contributed by atoms with Crippen molar-refractivity contribution in [2.24, 2.45) is 0 Å². The van der Waals surface area contributed by atoms with Gasteiger partial charge in [0, 0.05) is 12.7 Å². The lowest BCUT2D eigenvalue weighted by Crippen LogP contribution is -2.46. The van der Waals surface area contributed by atoms with Crippen LogP contribution in [0.1, 0.15) is 17.3 Å². The highest BCUT2D eigenvalue weighted by Crippen LogP contribution is 2.16. The predicted octanol–water partition coefficient (Wildman–Crippen LogP) is 0.636.